The van der Waals surface area contributed by atoms with E-state index in [9.17, 15) is 13.2 Å². The molecule has 0 bridgehead atoms. The Morgan fingerprint density at radius 1 is 1.39 bits per heavy atom. The number of benzene rings is 1. The molecule has 1 amide bonds. The summed E-state index contributed by atoms with van der Waals surface area (Å²) in [6.45, 7) is 1.12. The maximum absolute atomic E-state index is 12.4. The van der Waals surface area contributed by atoms with Gasteiger partial charge >= 0.3 is 0 Å². The molecule has 23 heavy (non-hydrogen) atoms. The molecule has 1 fully saturated rings. The van der Waals surface area contributed by atoms with Gasteiger partial charge in [-0.3, -0.25) is 4.79 Å². The molecule has 0 N–H and O–H groups in total. The van der Waals surface area contributed by atoms with E-state index >= 15 is 0 Å². The Bertz CT molecular complexity index is 648. The fourth-order valence-electron chi connectivity index (χ4n) is 2.58. The van der Waals surface area contributed by atoms with Crippen LogP contribution in [0.3, 0.4) is 0 Å². The normalized spacial score (nSPS) is 18.8. The van der Waals surface area contributed by atoms with Gasteiger partial charge in [-0.25, -0.2) is 8.42 Å². The van der Waals surface area contributed by atoms with E-state index in [2.05, 4.69) is 0 Å². The Morgan fingerprint density at radius 2 is 2.04 bits per heavy atom. The van der Waals surface area contributed by atoms with E-state index < -0.39 is 16.1 Å². The van der Waals surface area contributed by atoms with Crippen molar-refractivity contribution >= 4 is 27.5 Å². The number of hydrogen-bond acceptors (Lipinski definition) is 4. The first-order valence-corrected chi connectivity index (χ1v) is 9.62. The zero-order chi connectivity index (χ0) is 17.0. The van der Waals surface area contributed by atoms with Crippen LogP contribution in [0.5, 0.6) is 5.75 Å². The third-order valence-corrected chi connectivity index (χ3v) is 5.34. The molecule has 1 aliphatic heterocycles. The Hall–Kier alpha value is -1.31. The minimum Gasteiger partial charge on any atom is -0.492 e. The third-order valence-electron chi connectivity index (χ3n) is 3.80. The summed E-state index contributed by atoms with van der Waals surface area (Å²) in [6, 6.07) is 6.38. The predicted octanol–water partition coefficient (Wildman–Crippen LogP) is 1.60. The zero-order valence-corrected chi connectivity index (χ0v) is 14.8. The lowest BCUT2D eigenvalue weighted by Crippen LogP contribution is -2.47. The van der Waals surface area contributed by atoms with Crippen LogP contribution in [0.4, 0.5) is 0 Å². The van der Waals surface area contributed by atoms with Gasteiger partial charge in [-0.2, -0.15) is 4.31 Å². The number of sulfonamides is 1. The van der Waals surface area contributed by atoms with Gasteiger partial charge in [-0.15, -0.1) is 0 Å². The molecule has 1 aromatic carbocycles. The van der Waals surface area contributed by atoms with Gasteiger partial charge in [-0.05, 0) is 37.1 Å². The number of halogens is 1. The van der Waals surface area contributed by atoms with E-state index in [4.69, 9.17) is 16.3 Å². The molecular formula is C15H21ClN2O4S. The average Bonchev–Trinajstić information content (AvgIpc) is 2.98. The Morgan fingerprint density at radius 3 is 2.65 bits per heavy atom. The van der Waals surface area contributed by atoms with E-state index in [1.807, 2.05) is 0 Å². The van der Waals surface area contributed by atoms with E-state index in [1.54, 1.807) is 31.3 Å². The van der Waals surface area contributed by atoms with Crippen molar-refractivity contribution in [3.05, 3.63) is 29.3 Å². The molecule has 6 nitrogen and oxygen atoms in total. The van der Waals surface area contributed by atoms with Gasteiger partial charge in [0.1, 0.15) is 18.4 Å². The van der Waals surface area contributed by atoms with E-state index in [0.717, 1.165) is 6.26 Å². The number of hydrogen-bond donors (Lipinski definition) is 0. The Balaban J connectivity index is 1.86. The van der Waals surface area contributed by atoms with E-state index in [0.29, 0.717) is 43.3 Å². The molecule has 1 aliphatic rings. The van der Waals surface area contributed by atoms with Crippen LogP contribution >= 0.6 is 11.6 Å². The average molecular weight is 361 g/mol. The Labute approximate surface area is 142 Å². The van der Waals surface area contributed by atoms with Crippen molar-refractivity contribution < 1.29 is 17.9 Å². The Kier molecular flexibility index (Phi) is 5.89. The van der Waals surface area contributed by atoms with Crippen molar-refractivity contribution in [2.75, 3.05) is 33.0 Å². The molecule has 0 saturated carbocycles. The molecule has 0 radical (unpaired) electrons. The highest BCUT2D eigenvalue weighted by molar-refractivity contribution is 7.88. The molecule has 8 heteroatoms. The standard InChI is InChI=1S/C15H21ClN2O4S/c1-17(10-11-22-13-7-5-12(16)6-8-13)15(19)14-4-3-9-18(14)23(2,20)21/h5-8,14H,3-4,9-11H2,1-2H3. The van der Waals surface area contributed by atoms with Crippen LogP contribution < -0.4 is 4.74 Å². The maximum atomic E-state index is 12.4. The summed E-state index contributed by atoms with van der Waals surface area (Å²) in [6.07, 6.45) is 2.41. The monoisotopic (exact) mass is 360 g/mol. The summed E-state index contributed by atoms with van der Waals surface area (Å²) in [7, 11) is -1.70. The summed E-state index contributed by atoms with van der Waals surface area (Å²) >= 11 is 5.80. The van der Waals surface area contributed by atoms with Gasteiger partial charge < -0.3 is 9.64 Å². The van der Waals surface area contributed by atoms with Crippen LogP contribution in [0.2, 0.25) is 5.02 Å². The van der Waals surface area contributed by atoms with Crippen molar-refractivity contribution in [3.8, 4) is 5.75 Å². The van der Waals surface area contributed by atoms with Crippen molar-refractivity contribution in [1.29, 1.82) is 0 Å². The number of likely N-dealkylation sites (N-methyl/N-ethyl adjacent to an activating group) is 1. The summed E-state index contributed by atoms with van der Waals surface area (Å²) < 4.78 is 30.3. The smallest absolute Gasteiger partial charge is 0.240 e. The van der Waals surface area contributed by atoms with Crippen LogP contribution in [0.1, 0.15) is 12.8 Å². The minimum atomic E-state index is -3.36. The highest BCUT2D eigenvalue weighted by atomic mass is 35.5. The zero-order valence-electron chi connectivity index (χ0n) is 13.2. The van der Waals surface area contributed by atoms with E-state index in [1.165, 1.54) is 9.21 Å². The van der Waals surface area contributed by atoms with Gasteiger partial charge in [0.05, 0.1) is 12.8 Å². The minimum absolute atomic E-state index is 0.187. The largest absolute Gasteiger partial charge is 0.492 e. The van der Waals surface area contributed by atoms with Crippen LogP contribution in [0, 0.1) is 0 Å². The summed E-state index contributed by atoms with van der Waals surface area (Å²) in [5.74, 6) is 0.488. The number of ether oxygens (including phenoxy) is 1. The lowest BCUT2D eigenvalue weighted by atomic mass is 10.2. The quantitative estimate of drug-likeness (QED) is 0.772. The van der Waals surface area contributed by atoms with Crippen LogP contribution in [0.15, 0.2) is 24.3 Å². The number of rotatable bonds is 6. The lowest BCUT2D eigenvalue weighted by molar-refractivity contribution is -0.133. The molecule has 2 rings (SSSR count). The van der Waals surface area contributed by atoms with Gasteiger partial charge in [0.25, 0.3) is 0 Å². The summed E-state index contributed by atoms with van der Waals surface area (Å²) in [4.78, 5) is 14.0. The number of amides is 1. The molecule has 0 aliphatic carbocycles. The first-order valence-electron chi connectivity index (χ1n) is 7.39. The molecule has 1 unspecified atom stereocenters. The van der Waals surface area contributed by atoms with Gasteiger partial charge in [-0.1, -0.05) is 11.6 Å². The fraction of sp³-hybridized carbons (Fsp3) is 0.533. The molecule has 1 heterocycles. The van der Waals surface area contributed by atoms with Crippen molar-refractivity contribution in [3.63, 3.8) is 0 Å². The number of carbonyl (C=O) groups is 1. The fourth-order valence-corrected chi connectivity index (χ4v) is 3.82. The third kappa shape index (κ3) is 4.83. The second kappa shape index (κ2) is 7.51. The number of nitrogens with zero attached hydrogens (tertiary/aromatic N) is 2. The lowest BCUT2D eigenvalue weighted by Gasteiger charge is -2.26. The first-order chi connectivity index (χ1) is 10.8. The summed E-state index contributed by atoms with van der Waals surface area (Å²) in [5.41, 5.74) is 0. The molecule has 1 saturated heterocycles. The highest BCUT2D eigenvalue weighted by Crippen LogP contribution is 2.22. The second-order valence-electron chi connectivity index (χ2n) is 5.59. The molecule has 0 aromatic heterocycles. The van der Waals surface area contributed by atoms with Crippen molar-refractivity contribution in [1.82, 2.24) is 9.21 Å². The molecular weight excluding hydrogens is 340 g/mol. The van der Waals surface area contributed by atoms with Crippen molar-refractivity contribution in [2.24, 2.45) is 0 Å². The number of carbonyl (C=O) groups excluding carboxylic acids is 1. The first kappa shape index (κ1) is 18.0. The molecule has 0 spiro atoms. The van der Waals surface area contributed by atoms with Crippen molar-refractivity contribution in [2.45, 2.75) is 18.9 Å². The van der Waals surface area contributed by atoms with Crippen LogP contribution in [0.25, 0.3) is 0 Å². The van der Waals surface area contributed by atoms with Gasteiger partial charge in [0.2, 0.25) is 15.9 Å². The van der Waals surface area contributed by atoms with E-state index in [-0.39, 0.29) is 5.91 Å². The van der Waals surface area contributed by atoms with Crippen LogP contribution in [-0.4, -0.2) is 62.6 Å². The molecule has 1 aromatic rings. The SMILES string of the molecule is CN(CCOc1ccc(Cl)cc1)C(=O)C1CCCN1S(C)(=O)=O. The molecule has 128 valence electrons. The molecule has 1 atom stereocenters. The highest BCUT2D eigenvalue weighted by Gasteiger charge is 2.37. The van der Waals surface area contributed by atoms with Gasteiger partial charge in [0.15, 0.2) is 0 Å². The summed E-state index contributed by atoms with van der Waals surface area (Å²) in [5, 5.41) is 0.631. The van der Waals surface area contributed by atoms with Gasteiger partial charge in [0, 0.05) is 18.6 Å². The maximum Gasteiger partial charge on any atom is 0.240 e. The van der Waals surface area contributed by atoms with Crippen LogP contribution in [-0.2, 0) is 14.8 Å². The second-order valence-corrected chi connectivity index (χ2v) is 7.97. The topological polar surface area (TPSA) is 66.9 Å². The predicted molar refractivity (Wildman–Crippen MR) is 89.2 cm³/mol.